The number of hydrogen-bond donors (Lipinski definition) is 1. The number of carbonyl (C=O) groups excluding carboxylic acids is 1. The zero-order valence-electron chi connectivity index (χ0n) is 11.4. The quantitative estimate of drug-likeness (QED) is 0.599. The number of benzene rings is 1. The van der Waals surface area contributed by atoms with E-state index in [-0.39, 0.29) is 5.91 Å². The first-order valence-electron chi connectivity index (χ1n) is 5.88. The molecule has 5 heteroatoms. The van der Waals surface area contributed by atoms with Gasteiger partial charge in [0.15, 0.2) is 0 Å². The topological polar surface area (TPSA) is 56.8 Å². The molecule has 0 aliphatic heterocycles. The molecule has 1 amide bonds. The van der Waals surface area contributed by atoms with Crippen molar-refractivity contribution in [1.29, 1.82) is 0 Å². The average Bonchev–Trinajstić information content (AvgIpc) is 2.45. The molecule has 0 spiro atoms. The van der Waals surface area contributed by atoms with Crippen LogP contribution in [0, 0.1) is 0 Å². The highest BCUT2D eigenvalue weighted by molar-refractivity contribution is 5.92. The van der Waals surface area contributed by atoms with Crippen LogP contribution in [0.25, 0.3) is 6.08 Å². The van der Waals surface area contributed by atoms with Gasteiger partial charge < -0.3 is 19.5 Å². The SMILES string of the molecule is COCCNC(=O)/C=C/c1ccc(OC)cc1OC. The highest BCUT2D eigenvalue weighted by atomic mass is 16.5. The summed E-state index contributed by atoms with van der Waals surface area (Å²) in [5.41, 5.74) is 0.810. The van der Waals surface area contributed by atoms with Crippen LogP contribution in [0.2, 0.25) is 0 Å². The van der Waals surface area contributed by atoms with Crippen molar-refractivity contribution in [1.82, 2.24) is 5.32 Å². The van der Waals surface area contributed by atoms with Crippen molar-refractivity contribution in [2.24, 2.45) is 0 Å². The van der Waals surface area contributed by atoms with Crippen molar-refractivity contribution in [2.45, 2.75) is 0 Å². The van der Waals surface area contributed by atoms with Gasteiger partial charge in [-0.1, -0.05) is 0 Å². The van der Waals surface area contributed by atoms with Crippen molar-refractivity contribution in [3.8, 4) is 11.5 Å². The zero-order valence-corrected chi connectivity index (χ0v) is 11.4. The van der Waals surface area contributed by atoms with Crippen LogP contribution >= 0.6 is 0 Å². The third kappa shape index (κ3) is 5.01. The Bertz CT molecular complexity index is 443. The van der Waals surface area contributed by atoms with Gasteiger partial charge in [0.1, 0.15) is 11.5 Å². The van der Waals surface area contributed by atoms with Gasteiger partial charge in [-0.15, -0.1) is 0 Å². The molecule has 0 bridgehead atoms. The minimum Gasteiger partial charge on any atom is -0.497 e. The molecular weight excluding hydrogens is 246 g/mol. The summed E-state index contributed by atoms with van der Waals surface area (Å²) in [5.74, 6) is 1.19. The van der Waals surface area contributed by atoms with E-state index in [9.17, 15) is 4.79 Å². The smallest absolute Gasteiger partial charge is 0.244 e. The first kappa shape index (κ1) is 15.0. The van der Waals surface area contributed by atoms with Crippen LogP contribution in [-0.4, -0.2) is 40.4 Å². The van der Waals surface area contributed by atoms with Gasteiger partial charge in [-0.3, -0.25) is 4.79 Å². The van der Waals surface area contributed by atoms with Gasteiger partial charge in [-0.2, -0.15) is 0 Å². The summed E-state index contributed by atoms with van der Waals surface area (Å²) in [6, 6.07) is 5.41. The second kappa shape index (κ2) is 8.16. The largest absolute Gasteiger partial charge is 0.497 e. The molecule has 5 nitrogen and oxygen atoms in total. The molecule has 0 saturated heterocycles. The van der Waals surface area contributed by atoms with Crippen LogP contribution < -0.4 is 14.8 Å². The summed E-state index contributed by atoms with van der Waals surface area (Å²) in [6.45, 7) is 0.977. The van der Waals surface area contributed by atoms with E-state index in [0.717, 1.165) is 5.56 Å². The predicted octanol–water partition coefficient (Wildman–Crippen LogP) is 1.48. The third-order valence-corrected chi connectivity index (χ3v) is 2.46. The van der Waals surface area contributed by atoms with E-state index in [4.69, 9.17) is 14.2 Å². The molecule has 0 fully saturated rings. The highest BCUT2D eigenvalue weighted by Crippen LogP contribution is 2.25. The van der Waals surface area contributed by atoms with E-state index < -0.39 is 0 Å². The Morgan fingerprint density at radius 1 is 1.26 bits per heavy atom. The number of methoxy groups -OCH3 is 3. The summed E-state index contributed by atoms with van der Waals surface area (Å²) in [5, 5.41) is 2.70. The first-order chi connectivity index (χ1) is 9.21. The molecular formula is C14H19NO4. The molecule has 1 N–H and O–H groups in total. The molecule has 104 valence electrons. The molecule has 0 saturated carbocycles. The van der Waals surface area contributed by atoms with Crippen molar-refractivity contribution >= 4 is 12.0 Å². The minimum atomic E-state index is -0.171. The Labute approximate surface area is 113 Å². The second-order valence-corrected chi connectivity index (χ2v) is 3.73. The van der Waals surface area contributed by atoms with Crippen LogP contribution in [0.5, 0.6) is 11.5 Å². The number of ether oxygens (including phenoxy) is 3. The van der Waals surface area contributed by atoms with Gasteiger partial charge >= 0.3 is 0 Å². The number of carbonyl (C=O) groups is 1. The Morgan fingerprint density at radius 3 is 2.68 bits per heavy atom. The fraction of sp³-hybridized carbons (Fsp3) is 0.357. The number of nitrogens with one attached hydrogen (secondary N) is 1. The van der Waals surface area contributed by atoms with E-state index >= 15 is 0 Å². The van der Waals surface area contributed by atoms with Crippen molar-refractivity contribution in [2.75, 3.05) is 34.5 Å². The van der Waals surface area contributed by atoms with Crippen molar-refractivity contribution in [3.05, 3.63) is 29.8 Å². The van der Waals surface area contributed by atoms with E-state index in [2.05, 4.69) is 5.32 Å². The van der Waals surface area contributed by atoms with Gasteiger partial charge in [0.25, 0.3) is 0 Å². The summed E-state index contributed by atoms with van der Waals surface area (Å²) >= 11 is 0. The lowest BCUT2D eigenvalue weighted by molar-refractivity contribution is -0.116. The van der Waals surface area contributed by atoms with Gasteiger partial charge in [0.05, 0.1) is 20.8 Å². The zero-order chi connectivity index (χ0) is 14.1. The molecule has 0 unspecified atom stereocenters. The van der Waals surface area contributed by atoms with Crippen LogP contribution in [0.1, 0.15) is 5.56 Å². The predicted molar refractivity (Wildman–Crippen MR) is 73.5 cm³/mol. The summed E-state index contributed by atoms with van der Waals surface area (Å²) < 4.78 is 15.2. The normalized spacial score (nSPS) is 10.5. The van der Waals surface area contributed by atoms with Gasteiger partial charge in [0, 0.05) is 31.4 Å². The Kier molecular flexibility index (Phi) is 6.46. The standard InChI is InChI=1S/C14H19NO4/c1-17-9-8-15-14(16)7-5-11-4-6-12(18-2)10-13(11)19-3/h4-7,10H,8-9H2,1-3H3,(H,15,16)/b7-5+. The molecule has 0 heterocycles. The van der Waals surface area contributed by atoms with E-state index in [1.807, 2.05) is 12.1 Å². The molecule has 0 aromatic heterocycles. The maximum atomic E-state index is 11.5. The molecule has 0 atom stereocenters. The van der Waals surface area contributed by atoms with Gasteiger partial charge in [-0.05, 0) is 18.2 Å². The molecule has 0 aliphatic rings. The lowest BCUT2D eigenvalue weighted by atomic mass is 10.1. The maximum absolute atomic E-state index is 11.5. The third-order valence-electron chi connectivity index (χ3n) is 2.46. The number of amides is 1. The minimum absolute atomic E-state index is 0.171. The fourth-order valence-electron chi connectivity index (χ4n) is 1.46. The maximum Gasteiger partial charge on any atom is 0.244 e. The van der Waals surface area contributed by atoms with Crippen LogP contribution in [-0.2, 0) is 9.53 Å². The monoisotopic (exact) mass is 265 g/mol. The summed E-state index contributed by atoms with van der Waals surface area (Å²) in [4.78, 5) is 11.5. The first-order valence-corrected chi connectivity index (χ1v) is 5.88. The molecule has 19 heavy (non-hydrogen) atoms. The highest BCUT2D eigenvalue weighted by Gasteiger charge is 2.02. The van der Waals surface area contributed by atoms with E-state index in [1.54, 1.807) is 33.5 Å². The summed E-state index contributed by atoms with van der Waals surface area (Å²) in [7, 11) is 4.75. The second-order valence-electron chi connectivity index (χ2n) is 3.73. The van der Waals surface area contributed by atoms with Crippen LogP contribution in [0.15, 0.2) is 24.3 Å². The Hall–Kier alpha value is -2.01. The van der Waals surface area contributed by atoms with E-state index in [0.29, 0.717) is 24.7 Å². The van der Waals surface area contributed by atoms with Crippen LogP contribution in [0.3, 0.4) is 0 Å². The number of rotatable bonds is 7. The van der Waals surface area contributed by atoms with Crippen molar-refractivity contribution in [3.63, 3.8) is 0 Å². The van der Waals surface area contributed by atoms with Crippen molar-refractivity contribution < 1.29 is 19.0 Å². The molecule has 1 aromatic rings. The lowest BCUT2D eigenvalue weighted by Crippen LogP contribution is -2.24. The number of hydrogen-bond acceptors (Lipinski definition) is 4. The van der Waals surface area contributed by atoms with E-state index in [1.165, 1.54) is 6.08 Å². The summed E-state index contributed by atoms with van der Waals surface area (Å²) in [6.07, 6.45) is 3.15. The van der Waals surface area contributed by atoms with Gasteiger partial charge in [0.2, 0.25) is 5.91 Å². The Balaban J connectivity index is 2.67. The average molecular weight is 265 g/mol. The molecule has 1 rings (SSSR count). The van der Waals surface area contributed by atoms with Gasteiger partial charge in [-0.25, -0.2) is 0 Å². The van der Waals surface area contributed by atoms with Crippen LogP contribution in [0.4, 0.5) is 0 Å². The fourth-order valence-corrected chi connectivity index (χ4v) is 1.46. The lowest BCUT2D eigenvalue weighted by Gasteiger charge is -2.07. The molecule has 0 radical (unpaired) electrons. The molecule has 0 aliphatic carbocycles. The Morgan fingerprint density at radius 2 is 2.05 bits per heavy atom. The molecule has 1 aromatic carbocycles.